The minimum Gasteiger partial charge on any atom is -0.355 e. The number of rotatable bonds is 5. The first-order chi connectivity index (χ1) is 25.9. The fourth-order valence-corrected chi connectivity index (χ4v) is 8.77. The van der Waals surface area contributed by atoms with Crippen molar-refractivity contribution in [3.8, 4) is 33.4 Å². The van der Waals surface area contributed by atoms with Crippen LogP contribution < -0.4 is 21.1 Å². The molecule has 0 amide bonds. The van der Waals surface area contributed by atoms with Crippen LogP contribution in [0.2, 0.25) is 0 Å². The number of hydrogen-bond donors (Lipinski definition) is 1. The first-order valence-electron chi connectivity index (χ1n) is 18.6. The van der Waals surface area contributed by atoms with E-state index in [4.69, 9.17) is 0 Å². The van der Waals surface area contributed by atoms with E-state index in [0.717, 1.165) is 18.7 Å². The predicted molar refractivity (Wildman–Crippen MR) is 228 cm³/mol. The molecule has 2 aliphatic heterocycles. The highest BCUT2D eigenvalue weighted by Gasteiger charge is 2.41. The van der Waals surface area contributed by atoms with Gasteiger partial charge in [0.15, 0.2) is 7.28 Å². The molecule has 1 N–H and O–H groups in total. The fraction of sp³-hybridized carbons (Fsp3) is 0.0800. The third kappa shape index (κ3) is 5.18. The normalized spacial score (nSPS) is 13.5. The van der Waals surface area contributed by atoms with Crippen molar-refractivity contribution in [2.24, 2.45) is 0 Å². The lowest BCUT2D eigenvalue weighted by Crippen LogP contribution is -2.45. The van der Waals surface area contributed by atoms with Gasteiger partial charge in [-0.3, -0.25) is 0 Å². The minimum atomic E-state index is -0.133. The van der Waals surface area contributed by atoms with Crippen LogP contribution in [0.25, 0.3) is 44.2 Å². The van der Waals surface area contributed by atoms with Gasteiger partial charge in [-0.05, 0) is 104 Å². The molecule has 0 saturated carbocycles. The van der Waals surface area contributed by atoms with E-state index >= 15 is 0 Å². The number of fused-ring (bicyclic) bond motifs is 5. The zero-order chi connectivity index (χ0) is 35.7. The second-order valence-electron chi connectivity index (χ2n) is 15.2. The molecule has 0 aliphatic carbocycles. The quantitative estimate of drug-likeness (QED) is 0.182. The van der Waals surface area contributed by atoms with Crippen LogP contribution in [0.15, 0.2) is 170 Å². The Kier molecular flexibility index (Phi) is 7.20. The van der Waals surface area contributed by atoms with E-state index in [1.165, 1.54) is 88.8 Å². The molecule has 0 fully saturated rings. The van der Waals surface area contributed by atoms with Crippen LogP contribution in [0.4, 0.5) is 28.4 Å². The summed E-state index contributed by atoms with van der Waals surface area (Å²) in [5, 5.41) is 6.44. The summed E-state index contributed by atoms with van der Waals surface area (Å²) in [6.45, 7) is 7.03. The topological polar surface area (TPSA) is 15.3 Å². The molecule has 2 heterocycles. The summed E-state index contributed by atoms with van der Waals surface area (Å²) in [6.07, 6.45) is 0. The van der Waals surface area contributed by atoms with Crippen molar-refractivity contribution in [2.45, 2.75) is 26.2 Å². The molecule has 2 aliphatic rings. The highest BCUT2D eigenvalue weighted by Crippen LogP contribution is 2.53. The van der Waals surface area contributed by atoms with Crippen molar-refractivity contribution in [1.82, 2.24) is 0 Å². The van der Waals surface area contributed by atoms with Crippen molar-refractivity contribution in [3.63, 3.8) is 0 Å². The van der Waals surface area contributed by atoms with E-state index in [0.29, 0.717) is 0 Å². The third-order valence-corrected chi connectivity index (χ3v) is 11.5. The van der Waals surface area contributed by atoms with Crippen molar-refractivity contribution >= 4 is 57.4 Å². The lowest BCUT2D eigenvalue weighted by atomic mass is 9.55. The van der Waals surface area contributed by atoms with E-state index in [-0.39, 0.29) is 5.41 Å². The fourth-order valence-electron chi connectivity index (χ4n) is 8.77. The zero-order valence-corrected chi connectivity index (χ0v) is 30.3. The highest BCUT2D eigenvalue weighted by atomic mass is 15.2. The molecule has 8 aromatic rings. The first kappa shape index (κ1) is 31.4. The molecule has 252 valence electrons. The zero-order valence-electron chi connectivity index (χ0n) is 30.3. The van der Waals surface area contributed by atoms with Crippen LogP contribution in [0.1, 0.15) is 30.5 Å². The number of para-hydroxylation sites is 1. The van der Waals surface area contributed by atoms with Crippen molar-refractivity contribution in [1.29, 1.82) is 0 Å². The standard InChI is InChI=1S/C50H39BN2/c1-32-27-41(40-26-23-38(34-15-8-5-9-16-34)30-45(40)52-39-24-21-35(22-25-39)33-13-6-4-7-14-33)48-47(28-32)53-46-31-37-18-11-10-17-36(37)29-43(46)50(2,3)42-19-12-20-44(51-48)49(42)53/h4-31,51-52H,1-3H3. The molecule has 0 unspecified atom stereocenters. The average Bonchev–Trinajstić information content (AvgIpc) is 3.19. The Balaban J connectivity index is 1.16. The summed E-state index contributed by atoms with van der Waals surface area (Å²) in [6, 6.07) is 62.4. The number of anilines is 5. The Hall–Kier alpha value is -6.32. The van der Waals surface area contributed by atoms with E-state index in [1.807, 2.05) is 0 Å². The Morgan fingerprint density at radius 1 is 0.509 bits per heavy atom. The smallest absolute Gasteiger partial charge is 0.198 e. The summed E-state index contributed by atoms with van der Waals surface area (Å²) < 4.78 is 0. The van der Waals surface area contributed by atoms with Gasteiger partial charge in [0.2, 0.25) is 0 Å². The monoisotopic (exact) mass is 678 g/mol. The molecule has 0 radical (unpaired) electrons. The molecule has 0 bridgehead atoms. The van der Waals surface area contributed by atoms with E-state index in [9.17, 15) is 0 Å². The molecule has 2 nitrogen and oxygen atoms in total. The second kappa shape index (κ2) is 12.1. The van der Waals surface area contributed by atoms with Crippen molar-refractivity contribution in [3.05, 3.63) is 187 Å². The Morgan fingerprint density at radius 2 is 1.15 bits per heavy atom. The average molecular weight is 679 g/mol. The third-order valence-electron chi connectivity index (χ3n) is 11.5. The Bertz CT molecular complexity index is 2700. The SMILES string of the molecule is Cc1cc(-c2ccc(-c3ccccc3)cc2Nc2ccc(-c3ccccc3)cc2)c2c(c1)N1c3cc4ccccc4cc3C(C)(C)c3cccc(c31)B2. The molecule has 8 aromatic carbocycles. The molecular formula is C50H39BN2. The van der Waals surface area contributed by atoms with Crippen LogP contribution >= 0.6 is 0 Å². The van der Waals surface area contributed by atoms with Gasteiger partial charge in [-0.2, -0.15) is 0 Å². The largest absolute Gasteiger partial charge is 0.355 e. The first-order valence-corrected chi connectivity index (χ1v) is 18.6. The van der Waals surface area contributed by atoms with Gasteiger partial charge in [0, 0.05) is 33.7 Å². The lowest BCUT2D eigenvalue weighted by molar-refractivity contribution is 0.633. The number of aryl methyl sites for hydroxylation is 1. The molecule has 0 spiro atoms. The van der Waals surface area contributed by atoms with Gasteiger partial charge < -0.3 is 10.2 Å². The van der Waals surface area contributed by atoms with E-state index in [1.54, 1.807) is 0 Å². The van der Waals surface area contributed by atoms with Crippen LogP contribution in [-0.2, 0) is 5.41 Å². The van der Waals surface area contributed by atoms with Gasteiger partial charge >= 0.3 is 0 Å². The number of nitrogens with zero attached hydrogens (tertiary/aromatic N) is 1. The number of hydrogen-bond acceptors (Lipinski definition) is 2. The maximum Gasteiger partial charge on any atom is 0.198 e. The summed E-state index contributed by atoms with van der Waals surface area (Å²) in [4.78, 5) is 2.58. The molecule has 0 aromatic heterocycles. The summed E-state index contributed by atoms with van der Waals surface area (Å²) >= 11 is 0. The number of nitrogens with one attached hydrogen (secondary N) is 1. The van der Waals surface area contributed by atoms with Gasteiger partial charge in [0.1, 0.15) is 0 Å². The molecular weight excluding hydrogens is 639 g/mol. The predicted octanol–water partition coefficient (Wildman–Crippen LogP) is 11.7. The van der Waals surface area contributed by atoms with Gasteiger partial charge in [-0.1, -0.05) is 153 Å². The van der Waals surface area contributed by atoms with Crippen LogP contribution in [0, 0.1) is 6.92 Å². The second-order valence-corrected chi connectivity index (χ2v) is 15.2. The van der Waals surface area contributed by atoms with E-state index < -0.39 is 0 Å². The van der Waals surface area contributed by atoms with Crippen LogP contribution in [0.3, 0.4) is 0 Å². The Labute approximate surface area is 312 Å². The van der Waals surface area contributed by atoms with Gasteiger partial charge in [-0.25, -0.2) is 0 Å². The molecule has 53 heavy (non-hydrogen) atoms. The maximum absolute atomic E-state index is 3.88. The van der Waals surface area contributed by atoms with Gasteiger partial charge in [0.25, 0.3) is 0 Å². The minimum absolute atomic E-state index is 0.133. The van der Waals surface area contributed by atoms with Crippen molar-refractivity contribution in [2.75, 3.05) is 10.2 Å². The Morgan fingerprint density at radius 3 is 1.89 bits per heavy atom. The van der Waals surface area contributed by atoms with Crippen molar-refractivity contribution < 1.29 is 0 Å². The maximum atomic E-state index is 3.88. The lowest BCUT2D eigenvalue weighted by Gasteiger charge is -2.46. The molecule has 0 atom stereocenters. The molecule has 0 saturated heterocycles. The molecule has 3 heteroatoms. The van der Waals surface area contributed by atoms with Gasteiger partial charge in [0.05, 0.1) is 5.69 Å². The van der Waals surface area contributed by atoms with Crippen LogP contribution in [-0.4, -0.2) is 7.28 Å². The van der Waals surface area contributed by atoms with E-state index in [2.05, 4.69) is 201 Å². The number of benzene rings is 8. The highest BCUT2D eigenvalue weighted by molar-refractivity contribution is 6.73. The molecule has 10 rings (SSSR count). The van der Waals surface area contributed by atoms with Gasteiger partial charge in [-0.15, -0.1) is 0 Å². The summed E-state index contributed by atoms with van der Waals surface area (Å²) in [7, 11) is 0.870. The summed E-state index contributed by atoms with van der Waals surface area (Å²) in [5.74, 6) is 0. The summed E-state index contributed by atoms with van der Waals surface area (Å²) in [5.41, 5.74) is 19.9. The van der Waals surface area contributed by atoms with Crippen LogP contribution in [0.5, 0.6) is 0 Å².